The number of rotatable bonds is 6. The maximum absolute atomic E-state index is 12.9. The quantitative estimate of drug-likeness (QED) is 0.370. The lowest BCUT2D eigenvalue weighted by Gasteiger charge is -2.25. The summed E-state index contributed by atoms with van der Waals surface area (Å²) in [5.41, 5.74) is 3.77. The fraction of sp³-hybridized carbons (Fsp3) is 0.280. The topological polar surface area (TPSA) is 92.3 Å². The van der Waals surface area contributed by atoms with Crippen molar-refractivity contribution in [1.82, 2.24) is 19.9 Å². The lowest BCUT2D eigenvalue weighted by molar-refractivity contribution is 0.0330. The third-order valence-corrected chi connectivity index (χ3v) is 6.96. The normalized spacial score (nSPS) is 14.3. The first kappa shape index (κ1) is 23.6. The van der Waals surface area contributed by atoms with E-state index in [0.717, 1.165) is 53.6 Å². The Morgan fingerprint density at radius 2 is 1.94 bits per heavy atom. The van der Waals surface area contributed by atoms with Crippen LogP contribution in [-0.2, 0) is 11.3 Å². The van der Waals surface area contributed by atoms with Crippen LogP contribution in [0.2, 0.25) is 5.02 Å². The van der Waals surface area contributed by atoms with E-state index in [1.165, 1.54) is 11.3 Å². The molecule has 1 aliphatic heterocycles. The Labute approximate surface area is 212 Å². The minimum atomic E-state index is -0.217. The first-order valence-electron chi connectivity index (χ1n) is 11.3. The zero-order valence-corrected chi connectivity index (χ0v) is 21.0. The number of fused-ring (bicyclic) bond motifs is 1. The molecule has 4 aromatic rings. The number of aromatic nitrogens is 3. The van der Waals surface area contributed by atoms with Gasteiger partial charge in [-0.2, -0.15) is 0 Å². The number of aryl methyl sites for hydroxylation is 2. The summed E-state index contributed by atoms with van der Waals surface area (Å²) in [5.74, 6) is 1.25. The molecule has 1 saturated heterocycles. The zero-order valence-electron chi connectivity index (χ0n) is 19.5. The number of para-hydroxylation sites is 1. The lowest BCUT2D eigenvalue weighted by Crippen LogP contribution is -2.36. The highest BCUT2D eigenvalue weighted by atomic mass is 35.5. The van der Waals surface area contributed by atoms with Crippen LogP contribution in [0.15, 0.2) is 42.5 Å². The second-order valence-corrected chi connectivity index (χ2v) is 9.85. The Morgan fingerprint density at radius 3 is 2.74 bits per heavy atom. The van der Waals surface area contributed by atoms with Crippen molar-refractivity contribution in [2.75, 3.05) is 36.9 Å². The van der Waals surface area contributed by atoms with Crippen LogP contribution < -0.4 is 10.6 Å². The summed E-state index contributed by atoms with van der Waals surface area (Å²) in [5, 5.41) is 7.45. The summed E-state index contributed by atoms with van der Waals surface area (Å²) in [6.45, 7) is 7.78. The highest BCUT2D eigenvalue weighted by Crippen LogP contribution is 2.30. The number of morpholine rings is 1. The van der Waals surface area contributed by atoms with Crippen molar-refractivity contribution >= 4 is 55.7 Å². The van der Waals surface area contributed by atoms with Crippen molar-refractivity contribution in [3.63, 3.8) is 0 Å². The second-order valence-electron chi connectivity index (χ2n) is 8.41. The van der Waals surface area contributed by atoms with E-state index in [9.17, 15) is 4.79 Å². The van der Waals surface area contributed by atoms with Gasteiger partial charge < -0.3 is 15.4 Å². The second kappa shape index (κ2) is 10.2. The summed E-state index contributed by atoms with van der Waals surface area (Å²) in [4.78, 5) is 29.1. The maximum atomic E-state index is 12.9. The van der Waals surface area contributed by atoms with Crippen molar-refractivity contribution in [2.45, 2.75) is 20.4 Å². The van der Waals surface area contributed by atoms with Crippen LogP contribution in [0.5, 0.6) is 0 Å². The molecule has 180 valence electrons. The van der Waals surface area contributed by atoms with Crippen molar-refractivity contribution in [1.29, 1.82) is 0 Å². The molecule has 35 heavy (non-hydrogen) atoms. The predicted molar refractivity (Wildman–Crippen MR) is 140 cm³/mol. The highest BCUT2D eigenvalue weighted by Gasteiger charge is 2.15. The molecule has 0 bridgehead atoms. The molecule has 10 heteroatoms. The van der Waals surface area contributed by atoms with Crippen molar-refractivity contribution in [3.05, 3.63) is 70.1 Å². The first-order chi connectivity index (χ1) is 16.9. The van der Waals surface area contributed by atoms with Gasteiger partial charge in [0.05, 0.1) is 40.7 Å². The third kappa shape index (κ3) is 5.59. The van der Waals surface area contributed by atoms with Gasteiger partial charge in [-0.05, 0) is 43.7 Å². The molecule has 2 N–H and O–H groups in total. The Bertz CT molecular complexity index is 1370. The molecule has 2 aromatic heterocycles. The highest BCUT2D eigenvalue weighted by molar-refractivity contribution is 7.22. The molecule has 0 radical (unpaired) electrons. The van der Waals surface area contributed by atoms with Gasteiger partial charge in [0.1, 0.15) is 11.6 Å². The molecule has 1 amide bonds. The summed E-state index contributed by atoms with van der Waals surface area (Å²) in [7, 11) is 0. The van der Waals surface area contributed by atoms with Gasteiger partial charge in [-0.1, -0.05) is 35.1 Å². The average Bonchev–Trinajstić information content (AvgIpc) is 3.23. The van der Waals surface area contributed by atoms with Crippen LogP contribution in [0.25, 0.3) is 10.2 Å². The van der Waals surface area contributed by atoms with Crippen LogP contribution in [0, 0.1) is 13.8 Å². The lowest BCUT2D eigenvalue weighted by atomic mass is 10.1. The van der Waals surface area contributed by atoms with E-state index in [1.54, 1.807) is 12.1 Å². The number of hydrogen-bond acceptors (Lipinski definition) is 8. The number of hydrogen-bond donors (Lipinski definition) is 2. The minimum Gasteiger partial charge on any atom is -0.379 e. The van der Waals surface area contributed by atoms with E-state index in [4.69, 9.17) is 16.3 Å². The van der Waals surface area contributed by atoms with Crippen molar-refractivity contribution in [3.8, 4) is 0 Å². The number of halogens is 1. The van der Waals surface area contributed by atoms with Gasteiger partial charge in [0, 0.05) is 30.4 Å². The molecule has 0 spiro atoms. The van der Waals surface area contributed by atoms with Crippen molar-refractivity contribution in [2.24, 2.45) is 0 Å². The van der Waals surface area contributed by atoms with Gasteiger partial charge in [-0.3, -0.25) is 9.69 Å². The van der Waals surface area contributed by atoms with Gasteiger partial charge in [-0.15, -0.1) is 0 Å². The van der Waals surface area contributed by atoms with E-state index in [-0.39, 0.29) is 5.91 Å². The van der Waals surface area contributed by atoms with E-state index < -0.39 is 0 Å². The van der Waals surface area contributed by atoms with E-state index in [1.807, 2.05) is 44.2 Å². The number of benzene rings is 2. The minimum absolute atomic E-state index is 0.217. The standard InChI is InChI=1S/C25H25ClN6O2S/c1-15-4-3-5-18(26)23(15)31-24(33)17-6-7-19-20(13-17)35-25(28-19)30-21-12-16(2)27-22(29-21)14-32-8-10-34-11-9-32/h3-7,12-13H,8-11,14H2,1-2H3,(H,31,33)(H,27,28,29,30). The Kier molecular flexibility index (Phi) is 6.92. The summed E-state index contributed by atoms with van der Waals surface area (Å²) in [6.07, 6.45) is 0. The first-order valence-corrected chi connectivity index (χ1v) is 12.5. The molecule has 0 aliphatic carbocycles. The summed E-state index contributed by atoms with van der Waals surface area (Å²) < 4.78 is 6.32. The number of nitrogens with one attached hydrogen (secondary N) is 2. The Morgan fingerprint density at radius 1 is 1.11 bits per heavy atom. The predicted octanol–water partition coefficient (Wildman–Crippen LogP) is 5.18. The molecule has 5 rings (SSSR count). The monoisotopic (exact) mass is 508 g/mol. The molecule has 2 aromatic carbocycles. The molecular weight excluding hydrogens is 484 g/mol. The van der Waals surface area contributed by atoms with Crippen LogP contribution in [0.1, 0.15) is 27.4 Å². The van der Waals surface area contributed by atoms with Gasteiger partial charge in [0.25, 0.3) is 5.91 Å². The van der Waals surface area contributed by atoms with Crippen molar-refractivity contribution < 1.29 is 9.53 Å². The van der Waals surface area contributed by atoms with Gasteiger partial charge in [0.15, 0.2) is 5.13 Å². The maximum Gasteiger partial charge on any atom is 0.255 e. The largest absolute Gasteiger partial charge is 0.379 e. The molecule has 0 unspecified atom stereocenters. The summed E-state index contributed by atoms with van der Waals surface area (Å²) in [6, 6.07) is 12.9. The van der Waals surface area contributed by atoms with E-state index in [0.29, 0.717) is 33.8 Å². The third-order valence-electron chi connectivity index (χ3n) is 5.72. The molecule has 0 saturated carbocycles. The molecule has 1 fully saturated rings. The number of ether oxygens (including phenoxy) is 1. The number of carbonyl (C=O) groups is 1. The number of nitrogens with zero attached hydrogens (tertiary/aromatic N) is 4. The van der Waals surface area contributed by atoms with Gasteiger partial charge in [0.2, 0.25) is 0 Å². The number of carbonyl (C=O) groups excluding carboxylic acids is 1. The fourth-order valence-electron chi connectivity index (χ4n) is 3.93. The van der Waals surface area contributed by atoms with Gasteiger partial charge in [-0.25, -0.2) is 15.0 Å². The number of anilines is 3. The molecule has 3 heterocycles. The molecule has 1 aliphatic rings. The average molecular weight is 509 g/mol. The van der Waals surface area contributed by atoms with Crippen LogP contribution >= 0.6 is 22.9 Å². The summed E-state index contributed by atoms with van der Waals surface area (Å²) >= 11 is 7.73. The van der Waals surface area contributed by atoms with Crippen LogP contribution in [0.3, 0.4) is 0 Å². The molecular formula is C25H25ClN6O2S. The smallest absolute Gasteiger partial charge is 0.255 e. The number of thiazole rings is 1. The molecule has 8 nitrogen and oxygen atoms in total. The zero-order chi connectivity index (χ0) is 24.4. The SMILES string of the molecule is Cc1cc(Nc2nc3ccc(C(=O)Nc4c(C)cccc4Cl)cc3s2)nc(CN2CCOCC2)n1. The molecule has 0 atom stereocenters. The van der Waals surface area contributed by atoms with Crippen LogP contribution in [-0.4, -0.2) is 52.1 Å². The number of amides is 1. The van der Waals surface area contributed by atoms with Crippen LogP contribution in [0.4, 0.5) is 16.6 Å². The fourth-order valence-corrected chi connectivity index (χ4v) is 5.11. The Balaban J connectivity index is 1.32. The van der Waals surface area contributed by atoms with E-state index in [2.05, 4.69) is 30.5 Å². The van der Waals surface area contributed by atoms with E-state index >= 15 is 0 Å². The van der Waals surface area contributed by atoms with Gasteiger partial charge >= 0.3 is 0 Å². The Hall–Kier alpha value is -3.11.